The first-order valence-electron chi connectivity index (χ1n) is 7.88. The number of aliphatic hydroxyl groups is 1. The summed E-state index contributed by atoms with van der Waals surface area (Å²) in [6, 6.07) is 13.9. The molecule has 0 radical (unpaired) electrons. The molecule has 0 amide bonds. The highest BCUT2D eigenvalue weighted by atomic mass is 32.2. The third-order valence-electron chi connectivity index (χ3n) is 3.87. The van der Waals surface area contributed by atoms with E-state index in [9.17, 15) is 13.5 Å². The average Bonchev–Trinajstić information content (AvgIpc) is 2.61. The summed E-state index contributed by atoms with van der Waals surface area (Å²) in [6.45, 7) is 5.73. The van der Waals surface area contributed by atoms with Gasteiger partial charge in [-0.3, -0.25) is 0 Å². The molecular weight excluding hydrogens is 338 g/mol. The van der Waals surface area contributed by atoms with Gasteiger partial charge < -0.3 is 9.84 Å². The molecule has 0 saturated carbocycles. The predicted octanol–water partition coefficient (Wildman–Crippen LogP) is 2.70. The zero-order valence-electron chi connectivity index (χ0n) is 14.5. The zero-order chi connectivity index (χ0) is 18.4. The Hall–Kier alpha value is -2.15. The number of hydrogen-bond acceptors (Lipinski definition) is 4. The number of methoxy groups -OCH3 is 1. The Balaban J connectivity index is 2.24. The minimum Gasteiger partial charge on any atom is -0.497 e. The molecule has 0 aromatic heterocycles. The summed E-state index contributed by atoms with van der Waals surface area (Å²) in [6.07, 6.45) is 0. The molecule has 0 saturated heterocycles. The second kappa shape index (κ2) is 8.29. The van der Waals surface area contributed by atoms with Crippen molar-refractivity contribution < 1.29 is 18.3 Å². The third kappa shape index (κ3) is 4.69. The molecule has 0 bridgehead atoms. The Labute approximate surface area is 149 Å². The van der Waals surface area contributed by atoms with E-state index in [4.69, 9.17) is 4.74 Å². The van der Waals surface area contributed by atoms with Gasteiger partial charge in [0.2, 0.25) is 10.0 Å². The van der Waals surface area contributed by atoms with E-state index in [1.165, 1.54) is 4.31 Å². The lowest BCUT2D eigenvalue weighted by molar-refractivity contribution is 0.261. The third-order valence-corrected chi connectivity index (χ3v) is 5.73. The number of hydrogen-bond donors (Lipinski definition) is 1. The number of rotatable bonds is 8. The van der Waals surface area contributed by atoms with Gasteiger partial charge in [-0.1, -0.05) is 36.4 Å². The van der Waals surface area contributed by atoms with Crippen molar-refractivity contribution in [1.82, 2.24) is 4.31 Å². The van der Waals surface area contributed by atoms with Gasteiger partial charge in [0.05, 0.1) is 18.6 Å². The minimum atomic E-state index is -3.71. The molecule has 2 aromatic carbocycles. The maximum atomic E-state index is 12.9. The van der Waals surface area contributed by atoms with E-state index in [2.05, 4.69) is 6.58 Å². The fourth-order valence-electron chi connectivity index (χ4n) is 2.39. The summed E-state index contributed by atoms with van der Waals surface area (Å²) < 4.78 is 32.1. The topological polar surface area (TPSA) is 66.8 Å². The highest BCUT2D eigenvalue weighted by molar-refractivity contribution is 7.89. The Morgan fingerprint density at radius 1 is 1.12 bits per heavy atom. The van der Waals surface area contributed by atoms with E-state index >= 15 is 0 Å². The van der Waals surface area contributed by atoms with Crippen molar-refractivity contribution in [3.63, 3.8) is 0 Å². The quantitative estimate of drug-likeness (QED) is 0.785. The Kier molecular flexibility index (Phi) is 6.36. The molecular formula is C19H23NO4S. The largest absolute Gasteiger partial charge is 0.497 e. The summed E-state index contributed by atoms with van der Waals surface area (Å²) in [5, 5.41) is 9.29. The smallest absolute Gasteiger partial charge is 0.243 e. The van der Waals surface area contributed by atoms with Gasteiger partial charge in [-0.2, -0.15) is 4.31 Å². The average molecular weight is 361 g/mol. The van der Waals surface area contributed by atoms with Gasteiger partial charge in [0.25, 0.3) is 0 Å². The van der Waals surface area contributed by atoms with Crippen molar-refractivity contribution in [2.24, 2.45) is 0 Å². The van der Waals surface area contributed by atoms with Gasteiger partial charge in [-0.15, -0.1) is 0 Å². The fraction of sp³-hybridized carbons (Fsp3) is 0.263. The van der Waals surface area contributed by atoms with Crippen LogP contribution in [0.5, 0.6) is 5.75 Å². The normalized spacial score (nSPS) is 11.5. The van der Waals surface area contributed by atoms with Crippen molar-refractivity contribution in [1.29, 1.82) is 0 Å². The Morgan fingerprint density at radius 3 is 2.24 bits per heavy atom. The molecule has 0 atom stereocenters. The molecule has 6 heteroatoms. The van der Waals surface area contributed by atoms with Crippen LogP contribution in [0, 0.1) is 6.92 Å². The molecule has 134 valence electrons. The van der Waals surface area contributed by atoms with Crippen LogP contribution in [0.15, 0.2) is 60.0 Å². The zero-order valence-corrected chi connectivity index (χ0v) is 15.3. The predicted molar refractivity (Wildman–Crippen MR) is 99.1 cm³/mol. The van der Waals surface area contributed by atoms with Crippen LogP contribution < -0.4 is 4.74 Å². The number of ether oxygens (including phenoxy) is 1. The van der Waals surface area contributed by atoms with Crippen molar-refractivity contribution in [2.75, 3.05) is 26.8 Å². The van der Waals surface area contributed by atoms with Crippen LogP contribution in [0.1, 0.15) is 11.1 Å². The molecule has 25 heavy (non-hydrogen) atoms. The van der Waals surface area contributed by atoms with Gasteiger partial charge in [0.15, 0.2) is 0 Å². The van der Waals surface area contributed by atoms with Crippen LogP contribution >= 0.6 is 0 Å². The lowest BCUT2D eigenvalue weighted by atomic mass is 10.1. The van der Waals surface area contributed by atoms with Crippen molar-refractivity contribution in [3.8, 4) is 5.75 Å². The molecule has 0 fully saturated rings. The number of aliphatic hydroxyl groups excluding tert-OH is 1. The van der Waals surface area contributed by atoms with Crippen LogP contribution in [-0.2, 0) is 10.0 Å². The monoisotopic (exact) mass is 361 g/mol. The van der Waals surface area contributed by atoms with E-state index in [1.54, 1.807) is 43.5 Å². The molecule has 0 heterocycles. The Morgan fingerprint density at radius 2 is 1.72 bits per heavy atom. The molecule has 0 aliphatic heterocycles. The molecule has 0 aliphatic carbocycles. The van der Waals surface area contributed by atoms with E-state index in [1.807, 2.05) is 19.1 Å². The van der Waals surface area contributed by atoms with Crippen LogP contribution in [0.2, 0.25) is 0 Å². The van der Waals surface area contributed by atoms with Gasteiger partial charge in [-0.25, -0.2) is 8.42 Å². The molecule has 1 N–H and O–H groups in total. The Bertz CT molecular complexity index is 812. The first-order valence-corrected chi connectivity index (χ1v) is 9.32. The molecule has 0 unspecified atom stereocenters. The summed E-state index contributed by atoms with van der Waals surface area (Å²) in [7, 11) is -2.12. The van der Waals surface area contributed by atoms with E-state index < -0.39 is 10.0 Å². The van der Waals surface area contributed by atoms with Gasteiger partial charge >= 0.3 is 0 Å². The summed E-state index contributed by atoms with van der Waals surface area (Å²) in [5.74, 6) is 0.719. The second-order valence-corrected chi connectivity index (χ2v) is 7.65. The molecule has 2 rings (SSSR count). The van der Waals surface area contributed by atoms with Gasteiger partial charge in [0.1, 0.15) is 5.75 Å². The van der Waals surface area contributed by atoms with Gasteiger partial charge in [-0.05, 0) is 42.3 Å². The van der Waals surface area contributed by atoms with Crippen molar-refractivity contribution >= 4 is 15.6 Å². The first kappa shape index (κ1) is 19.2. The second-order valence-electron chi connectivity index (χ2n) is 5.71. The summed E-state index contributed by atoms with van der Waals surface area (Å²) >= 11 is 0. The summed E-state index contributed by atoms with van der Waals surface area (Å²) in [5.41, 5.74) is 2.45. The number of sulfonamides is 1. The van der Waals surface area contributed by atoms with Crippen molar-refractivity contribution in [3.05, 3.63) is 66.2 Å². The summed E-state index contributed by atoms with van der Waals surface area (Å²) in [4.78, 5) is 0.203. The molecule has 0 aliphatic rings. The minimum absolute atomic E-state index is 0.00534. The van der Waals surface area contributed by atoms with Crippen LogP contribution in [-0.4, -0.2) is 44.6 Å². The maximum absolute atomic E-state index is 12.9. The van der Waals surface area contributed by atoms with E-state index in [0.717, 1.165) is 16.9 Å². The van der Waals surface area contributed by atoms with Crippen LogP contribution in [0.25, 0.3) is 5.57 Å². The van der Waals surface area contributed by atoms with Crippen molar-refractivity contribution in [2.45, 2.75) is 11.8 Å². The van der Waals surface area contributed by atoms with E-state index in [-0.39, 0.29) is 24.6 Å². The van der Waals surface area contributed by atoms with Crippen LogP contribution in [0.3, 0.4) is 0 Å². The standard InChI is InChI=1S/C19H23NO4S/c1-15-4-10-19(11-5-15)25(22,23)20(12-13-21)14-16(2)17-6-8-18(24-3)9-7-17/h4-11,21H,2,12-14H2,1,3H3. The van der Waals surface area contributed by atoms with Crippen LogP contribution in [0.4, 0.5) is 0 Å². The first-order chi connectivity index (χ1) is 11.9. The number of nitrogens with zero attached hydrogens (tertiary/aromatic N) is 1. The fourth-order valence-corrected chi connectivity index (χ4v) is 3.81. The van der Waals surface area contributed by atoms with Gasteiger partial charge in [0, 0.05) is 13.1 Å². The SMILES string of the molecule is C=C(CN(CCO)S(=O)(=O)c1ccc(C)cc1)c1ccc(OC)cc1. The van der Waals surface area contributed by atoms with E-state index in [0.29, 0.717) is 5.57 Å². The lowest BCUT2D eigenvalue weighted by Gasteiger charge is -2.22. The molecule has 5 nitrogen and oxygen atoms in total. The molecule has 2 aromatic rings. The highest BCUT2D eigenvalue weighted by Crippen LogP contribution is 2.22. The number of aryl methyl sites for hydroxylation is 1. The number of benzene rings is 2. The maximum Gasteiger partial charge on any atom is 0.243 e. The molecule has 0 spiro atoms. The lowest BCUT2D eigenvalue weighted by Crippen LogP contribution is -2.34. The highest BCUT2D eigenvalue weighted by Gasteiger charge is 2.24.